The highest BCUT2D eigenvalue weighted by atomic mass is 35.5. The van der Waals surface area contributed by atoms with Crippen molar-refractivity contribution in [3.8, 4) is 11.5 Å². The highest BCUT2D eigenvalue weighted by Gasteiger charge is 2.12. The summed E-state index contributed by atoms with van der Waals surface area (Å²) in [7, 11) is -3.87. The van der Waals surface area contributed by atoms with Gasteiger partial charge in [0.25, 0.3) is 0 Å². The number of nitrogens with two attached hydrogens (primary N) is 2. The molecule has 0 aromatic heterocycles. The summed E-state index contributed by atoms with van der Waals surface area (Å²) >= 11 is 11.7. The van der Waals surface area contributed by atoms with Gasteiger partial charge in [-0.15, -0.1) is 0 Å². The van der Waals surface area contributed by atoms with Crippen molar-refractivity contribution in [1.29, 1.82) is 0 Å². The standard InChI is InChI=1S/C12H10Cl2N2O3S/c13-7-1-2-12(11(14)3-7)19-9-4-8(15)5-10(6-9)20(16,17)18/h1-6H,15H2,(H2,16,17,18). The first-order valence-corrected chi connectivity index (χ1v) is 7.62. The van der Waals surface area contributed by atoms with Crippen molar-refractivity contribution in [3.05, 3.63) is 46.4 Å². The van der Waals surface area contributed by atoms with Crippen LogP contribution in [0.1, 0.15) is 0 Å². The Balaban J connectivity index is 2.41. The predicted molar refractivity (Wildman–Crippen MR) is 78.8 cm³/mol. The number of nitrogen functional groups attached to an aromatic ring is 1. The first kappa shape index (κ1) is 14.9. The number of sulfonamides is 1. The molecule has 0 saturated heterocycles. The fourth-order valence-electron chi connectivity index (χ4n) is 1.50. The van der Waals surface area contributed by atoms with Gasteiger partial charge in [0.05, 0.1) is 9.92 Å². The molecule has 8 heteroatoms. The summed E-state index contributed by atoms with van der Waals surface area (Å²) < 4.78 is 28.1. The van der Waals surface area contributed by atoms with Gasteiger partial charge in [0.15, 0.2) is 0 Å². The maximum atomic E-state index is 11.3. The molecule has 106 valence electrons. The molecular weight excluding hydrogens is 323 g/mol. The quantitative estimate of drug-likeness (QED) is 0.844. The Morgan fingerprint density at radius 1 is 1.05 bits per heavy atom. The Hall–Kier alpha value is -1.47. The summed E-state index contributed by atoms with van der Waals surface area (Å²) in [6.07, 6.45) is 0. The van der Waals surface area contributed by atoms with Crippen molar-refractivity contribution >= 4 is 38.9 Å². The molecule has 4 N–H and O–H groups in total. The first-order valence-electron chi connectivity index (χ1n) is 5.32. The third kappa shape index (κ3) is 3.55. The molecule has 0 spiro atoms. The summed E-state index contributed by atoms with van der Waals surface area (Å²) in [5.41, 5.74) is 5.82. The Morgan fingerprint density at radius 3 is 2.35 bits per heavy atom. The SMILES string of the molecule is Nc1cc(Oc2ccc(Cl)cc2Cl)cc(S(N)(=O)=O)c1. The van der Waals surface area contributed by atoms with Crippen molar-refractivity contribution in [3.63, 3.8) is 0 Å². The number of anilines is 1. The molecule has 0 aliphatic carbocycles. The van der Waals surface area contributed by atoms with E-state index in [2.05, 4.69) is 0 Å². The van der Waals surface area contributed by atoms with Gasteiger partial charge in [-0.3, -0.25) is 0 Å². The topological polar surface area (TPSA) is 95.4 Å². The number of hydrogen-bond donors (Lipinski definition) is 2. The second kappa shape index (κ2) is 5.49. The Labute approximate surface area is 126 Å². The lowest BCUT2D eigenvalue weighted by Crippen LogP contribution is -2.12. The number of rotatable bonds is 3. The molecule has 0 aliphatic heterocycles. The van der Waals surface area contributed by atoms with Crippen LogP contribution >= 0.6 is 23.2 Å². The van der Waals surface area contributed by atoms with Crippen molar-refractivity contribution in [2.45, 2.75) is 4.90 Å². The Kier molecular flexibility index (Phi) is 4.10. The summed E-state index contributed by atoms with van der Waals surface area (Å²) in [6, 6.07) is 8.62. The summed E-state index contributed by atoms with van der Waals surface area (Å²) in [6.45, 7) is 0. The van der Waals surface area contributed by atoms with Crippen LogP contribution < -0.4 is 15.6 Å². The molecule has 0 bridgehead atoms. The van der Waals surface area contributed by atoms with Gasteiger partial charge >= 0.3 is 0 Å². The van der Waals surface area contributed by atoms with Crippen LogP contribution in [-0.2, 0) is 10.0 Å². The van der Waals surface area contributed by atoms with Crippen molar-refractivity contribution in [1.82, 2.24) is 0 Å². The Bertz CT molecular complexity index is 763. The fourth-order valence-corrected chi connectivity index (χ4v) is 2.53. The molecule has 20 heavy (non-hydrogen) atoms. The lowest BCUT2D eigenvalue weighted by molar-refractivity contribution is 0.481. The number of ether oxygens (including phenoxy) is 1. The molecule has 0 aliphatic rings. The largest absolute Gasteiger partial charge is 0.456 e. The lowest BCUT2D eigenvalue weighted by Gasteiger charge is -2.10. The Morgan fingerprint density at radius 2 is 1.75 bits per heavy atom. The van der Waals surface area contributed by atoms with Gasteiger partial charge < -0.3 is 10.5 Å². The summed E-state index contributed by atoms with van der Waals surface area (Å²) in [5.74, 6) is 0.528. The number of halogens is 2. The monoisotopic (exact) mass is 332 g/mol. The van der Waals surface area contributed by atoms with Gasteiger partial charge in [-0.25, -0.2) is 13.6 Å². The van der Waals surface area contributed by atoms with Crippen LogP contribution in [0.5, 0.6) is 11.5 Å². The minimum absolute atomic E-state index is 0.141. The van der Waals surface area contributed by atoms with E-state index in [4.69, 9.17) is 38.8 Å². The van der Waals surface area contributed by atoms with Gasteiger partial charge in [-0.05, 0) is 24.3 Å². The molecular formula is C12H10Cl2N2O3S. The van der Waals surface area contributed by atoms with Crippen LogP contribution in [0.4, 0.5) is 5.69 Å². The van der Waals surface area contributed by atoms with E-state index in [1.54, 1.807) is 12.1 Å². The summed E-state index contributed by atoms with van der Waals surface area (Å²) in [5, 5.41) is 5.80. The second-order valence-electron chi connectivity index (χ2n) is 3.96. The molecule has 2 aromatic rings. The fraction of sp³-hybridized carbons (Fsp3) is 0. The van der Waals surface area contributed by atoms with E-state index in [0.29, 0.717) is 10.8 Å². The summed E-state index contributed by atoms with van der Waals surface area (Å²) in [4.78, 5) is -0.141. The lowest BCUT2D eigenvalue weighted by atomic mass is 10.3. The van der Waals surface area contributed by atoms with Crippen LogP contribution in [0, 0.1) is 0 Å². The number of primary sulfonamides is 1. The van der Waals surface area contributed by atoms with Gasteiger partial charge in [-0.2, -0.15) is 0 Å². The molecule has 0 heterocycles. The van der Waals surface area contributed by atoms with Crippen LogP contribution in [0.3, 0.4) is 0 Å². The smallest absolute Gasteiger partial charge is 0.238 e. The third-order valence-corrected chi connectivity index (χ3v) is 3.78. The van der Waals surface area contributed by atoms with Crippen LogP contribution in [0.2, 0.25) is 10.0 Å². The molecule has 5 nitrogen and oxygen atoms in total. The zero-order valence-corrected chi connectivity index (χ0v) is 12.3. The predicted octanol–water partition coefficient (Wildman–Crippen LogP) is 3.02. The van der Waals surface area contributed by atoms with E-state index in [9.17, 15) is 8.42 Å². The van der Waals surface area contributed by atoms with E-state index in [1.807, 2.05) is 0 Å². The molecule has 0 fully saturated rings. The normalized spacial score (nSPS) is 11.3. The first-order chi connectivity index (χ1) is 9.25. The van der Waals surface area contributed by atoms with Crippen molar-refractivity contribution in [2.24, 2.45) is 5.14 Å². The van der Waals surface area contributed by atoms with Crippen LogP contribution in [0.25, 0.3) is 0 Å². The number of benzene rings is 2. The second-order valence-corrected chi connectivity index (χ2v) is 6.36. The number of hydrogen-bond acceptors (Lipinski definition) is 4. The van der Waals surface area contributed by atoms with Crippen LogP contribution in [-0.4, -0.2) is 8.42 Å². The maximum absolute atomic E-state index is 11.3. The van der Waals surface area contributed by atoms with E-state index < -0.39 is 10.0 Å². The van der Waals surface area contributed by atoms with Crippen molar-refractivity contribution < 1.29 is 13.2 Å². The molecule has 2 aromatic carbocycles. The van der Waals surface area contributed by atoms with E-state index in [-0.39, 0.29) is 21.4 Å². The molecule has 0 unspecified atom stereocenters. The van der Waals surface area contributed by atoms with E-state index in [0.717, 1.165) is 0 Å². The molecule has 0 radical (unpaired) electrons. The van der Waals surface area contributed by atoms with Crippen LogP contribution in [0.15, 0.2) is 41.3 Å². The van der Waals surface area contributed by atoms with Gasteiger partial charge in [0, 0.05) is 22.8 Å². The molecule has 0 amide bonds. The highest BCUT2D eigenvalue weighted by molar-refractivity contribution is 7.89. The molecule has 0 saturated carbocycles. The highest BCUT2D eigenvalue weighted by Crippen LogP contribution is 2.33. The van der Waals surface area contributed by atoms with Gasteiger partial charge in [-0.1, -0.05) is 23.2 Å². The maximum Gasteiger partial charge on any atom is 0.238 e. The van der Waals surface area contributed by atoms with Gasteiger partial charge in [0.2, 0.25) is 10.0 Å². The average molecular weight is 333 g/mol. The molecule has 2 rings (SSSR count). The minimum Gasteiger partial charge on any atom is -0.456 e. The average Bonchev–Trinajstić information content (AvgIpc) is 2.31. The van der Waals surface area contributed by atoms with E-state index in [1.165, 1.54) is 24.3 Å². The van der Waals surface area contributed by atoms with Gasteiger partial charge in [0.1, 0.15) is 11.5 Å². The van der Waals surface area contributed by atoms with E-state index >= 15 is 0 Å². The molecule has 0 atom stereocenters. The minimum atomic E-state index is -3.87. The van der Waals surface area contributed by atoms with Crippen molar-refractivity contribution in [2.75, 3.05) is 5.73 Å². The zero-order chi connectivity index (χ0) is 14.9. The zero-order valence-electron chi connectivity index (χ0n) is 10.0. The third-order valence-electron chi connectivity index (χ3n) is 2.35.